The largest absolute Gasteiger partial charge is 0.455 e. The maximum Gasteiger partial charge on any atom is 0.331 e. The van der Waals surface area contributed by atoms with Crippen LogP contribution in [0.1, 0.15) is 44.1 Å². The Balaban J connectivity index is 1.56. The quantitative estimate of drug-likeness (QED) is 0.388. The Hall–Kier alpha value is -1.91. The van der Waals surface area contributed by atoms with Crippen molar-refractivity contribution in [3.05, 3.63) is 60.2 Å². The van der Waals surface area contributed by atoms with Crippen LogP contribution in [0.3, 0.4) is 0 Å². The summed E-state index contributed by atoms with van der Waals surface area (Å²) in [5.74, 6) is -0.327. The fraction of sp³-hybridized carbons (Fsp3) is 0.476. The van der Waals surface area contributed by atoms with Crippen molar-refractivity contribution in [1.82, 2.24) is 0 Å². The number of benzene rings is 1. The van der Waals surface area contributed by atoms with Crippen molar-refractivity contribution >= 4 is 5.97 Å². The Morgan fingerprint density at radius 2 is 1.96 bits per heavy atom. The van der Waals surface area contributed by atoms with Gasteiger partial charge >= 0.3 is 5.97 Å². The lowest BCUT2D eigenvalue weighted by Gasteiger charge is -2.16. The summed E-state index contributed by atoms with van der Waals surface area (Å²) in [4.78, 5) is 11.1. The molecule has 2 N–H and O–H groups in total. The lowest BCUT2D eigenvalue weighted by atomic mass is 10.0. The third-order valence-electron chi connectivity index (χ3n) is 4.29. The minimum atomic E-state index is -0.574. The van der Waals surface area contributed by atoms with Crippen LogP contribution in [0, 0.1) is 0 Å². The molecule has 1 aromatic carbocycles. The van der Waals surface area contributed by atoms with Gasteiger partial charge in [-0.3, -0.25) is 0 Å². The number of ether oxygens (including phenoxy) is 1. The number of aliphatic hydroxyl groups is 2. The maximum atomic E-state index is 11.1. The first-order valence-electron chi connectivity index (χ1n) is 9.07. The van der Waals surface area contributed by atoms with Crippen LogP contribution in [0.15, 0.2) is 54.6 Å². The summed E-state index contributed by atoms with van der Waals surface area (Å²) in [6.45, 7) is 0. The summed E-state index contributed by atoms with van der Waals surface area (Å²) in [7, 11) is 0. The Bertz CT molecular complexity index is 565. The molecule has 1 aliphatic heterocycles. The van der Waals surface area contributed by atoms with Gasteiger partial charge in [0.1, 0.15) is 6.10 Å². The van der Waals surface area contributed by atoms with Crippen molar-refractivity contribution < 1.29 is 19.7 Å². The van der Waals surface area contributed by atoms with E-state index in [1.807, 2.05) is 24.3 Å². The summed E-state index contributed by atoms with van der Waals surface area (Å²) < 4.78 is 5.11. The second kappa shape index (κ2) is 10.9. The molecular formula is C21H28O4. The lowest BCUT2D eigenvalue weighted by Crippen LogP contribution is -2.19. The first-order valence-corrected chi connectivity index (χ1v) is 9.07. The fourth-order valence-corrected chi connectivity index (χ4v) is 2.92. The van der Waals surface area contributed by atoms with Gasteiger partial charge in [0.05, 0.1) is 12.2 Å². The van der Waals surface area contributed by atoms with E-state index in [2.05, 4.69) is 12.1 Å². The van der Waals surface area contributed by atoms with Crippen molar-refractivity contribution in [1.29, 1.82) is 0 Å². The molecule has 1 aromatic rings. The van der Waals surface area contributed by atoms with Gasteiger partial charge in [0, 0.05) is 12.5 Å². The van der Waals surface area contributed by atoms with E-state index in [9.17, 15) is 15.0 Å². The van der Waals surface area contributed by atoms with Crippen LogP contribution in [0.5, 0.6) is 0 Å². The zero-order valence-corrected chi connectivity index (χ0v) is 14.6. The van der Waals surface area contributed by atoms with Crippen molar-refractivity contribution in [2.45, 2.75) is 63.3 Å². The van der Waals surface area contributed by atoms with Gasteiger partial charge in [0.15, 0.2) is 0 Å². The van der Waals surface area contributed by atoms with E-state index >= 15 is 0 Å². The number of rotatable bonds is 10. The smallest absolute Gasteiger partial charge is 0.331 e. The molecule has 0 amide bonds. The van der Waals surface area contributed by atoms with Crippen molar-refractivity contribution in [3.8, 4) is 0 Å². The molecule has 0 aliphatic carbocycles. The molecule has 1 aliphatic rings. The van der Waals surface area contributed by atoms with Gasteiger partial charge in [-0.1, -0.05) is 48.9 Å². The predicted molar refractivity (Wildman–Crippen MR) is 98.0 cm³/mol. The van der Waals surface area contributed by atoms with E-state index in [0.29, 0.717) is 25.7 Å². The molecule has 3 atom stereocenters. The highest BCUT2D eigenvalue weighted by Gasteiger charge is 2.14. The summed E-state index contributed by atoms with van der Waals surface area (Å²) in [6, 6.07) is 10.3. The first-order chi connectivity index (χ1) is 12.1. The summed E-state index contributed by atoms with van der Waals surface area (Å²) in [5.41, 5.74) is 1.32. The number of hydrogen-bond acceptors (Lipinski definition) is 4. The van der Waals surface area contributed by atoms with E-state index in [4.69, 9.17) is 4.74 Å². The Morgan fingerprint density at radius 3 is 2.72 bits per heavy atom. The van der Waals surface area contributed by atoms with Crippen LogP contribution < -0.4 is 0 Å². The molecule has 2 rings (SSSR count). The number of cyclic esters (lactones) is 1. The SMILES string of the molecule is O=C1C=CCC(C=CCC(O)CC(O)CCCCc2ccccc2)O1. The average Bonchev–Trinajstić information content (AvgIpc) is 2.60. The standard InChI is InChI=1S/C21H28O4/c22-18(11-5-4-10-17-8-2-1-3-9-17)16-19(23)12-6-13-20-14-7-15-21(24)25-20/h1-3,6-9,13,15,18-20,22-23H,4-5,10-12,14,16H2. The van der Waals surface area contributed by atoms with Crippen molar-refractivity contribution in [2.75, 3.05) is 0 Å². The molecule has 0 aromatic heterocycles. The van der Waals surface area contributed by atoms with Gasteiger partial charge in [0.2, 0.25) is 0 Å². The molecule has 0 fully saturated rings. The van der Waals surface area contributed by atoms with Gasteiger partial charge in [-0.05, 0) is 43.7 Å². The number of aliphatic hydroxyl groups excluding tert-OH is 2. The molecule has 4 heteroatoms. The van der Waals surface area contributed by atoms with Crippen LogP contribution in [0.25, 0.3) is 0 Å². The van der Waals surface area contributed by atoms with E-state index in [0.717, 1.165) is 19.3 Å². The number of aryl methyl sites for hydroxylation is 1. The lowest BCUT2D eigenvalue weighted by molar-refractivity contribution is -0.141. The monoisotopic (exact) mass is 344 g/mol. The average molecular weight is 344 g/mol. The second-order valence-electron chi connectivity index (χ2n) is 6.55. The molecule has 1 heterocycles. The third-order valence-corrected chi connectivity index (χ3v) is 4.29. The van der Waals surface area contributed by atoms with Crippen molar-refractivity contribution in [2.24, 2.45) is 0 Å². The summed E-state index contributed by atoms with van der Waals surface area (Å²) >= 11 is 0. The number of esters is 1. The minimum absolute atomic E-state index is 0.243. The molecule has 0 saturated heterocycles. The van der Waals surface area contributed by atoms with E-state index in [-0.39, 0.29) is 12.1 Å². The Labute approximate surface area is 149 Å². The molecule has 0 saturated carbocycles. The molecule has 25 heavy (non-hydrogen) atoms. The number of unbranched alkanes of at least 4 members (excludes halogenated alkanes) is 1. The van der Waals surface area contributed by atoms with Crippen LogP contribution in [-0.4, -0.2) is 34.5 Å². The van der Waals surface area contributed by atoms with Crippen LogP contribution in [0.2, 0.25) is 0 Å². The number of carbonyl (C=O) groups excluding carboxylic acids is 1. The predicted octanol–water partition coefficient (Wildman–Crippen LogP) is 3.33. The highest BCUT2D eigenvalue weighted by molar-refractivity contribution is 5.82. The van der Waals surface area contributed by atoms with Crippen molar-refractivity contribution in [3.63, 3.8) is 0 Å². The summed E-state index contributed by atoms with van der Waals surface area (Å²) in [5, 5.41) is 20.0. The molecule has 0 bridgehead atoms. The zero-order chi connectivity index (χ0) is 17.9. The molecule has 0 spiro atoms. The fourth-order valence-electron chi connectivity index (χ4n) is 2.92. The van der Waals surface area contributed by atoms with Gasteiger partial charge in [-0.25, -0.2) is 4.79 Å². The minimum Gasteiger partial charge on any atom is -0.455 e. The Kier molecular flexibility index (Phi) is 8.43. The maximum absolute atomic E-state index is 11.1. The normalized spacial score (nSPS) is 19.8. The molecular weight excluding hydrogens is 316 g/mol. The highest BCUT2D eigenvalue weighted by atomic mass is 16.5. The van der Waals surface area contributed by atoms with Crippen LogP contribution >= 0.6 is 0 Å². The molecule has 4 nitrogen and oxygen atoms in total. The van der Waals surface area contributed by atoms with Gasteiger partial charge in [-0.2, -0.15) is 0 Å². The van der Waals surface area contributed by atoms with E-state index < -0.39 is 12.2 Å². The number of hydrogen-bond donors (Lipinski definition) is 2. The third kappa shape index (κ3) is 8.14. The first kappa shape index (κ1) is 19.4. The zero-order valence-electron chi connectivity index (χ0n) is 14.6. The van der Waals surface area contributed by atoms with E-state index in [1.54, 1.807) is 12.2 Å². The second-order valence-corrected chi connectivity index (χ2v) is 6.55. The summed E-state index contributed by atoms with van der Waals surface area (Å²) in [6.07, 6.45) is 10.8. The van der Waals surface area contributed by atoms with E-state index in [1.165, 1.54) is 11.6 Å². The molecule has 136 valence electrons. The Morgan fingerprint density at radius 1 is 1.16 bits per heavy atom. The molecule has 0 radical (unpaired) electrons. The van der Waals surface area contributed by atoms with Crippen LogP contribution in [-0.2, 0) is 16.0 Å². The number of carbonyl (C=O) groups is 1. The van der Waals surface area contributed by atoms with Gasteiger partial charge in [-0.15, -0.1) is 0 Å². The van der Waals surface area contributed by atoms with Gasteiger partial charge in [0.25, 0.3) is 0 Å². The van der Waals surface area contributed by atoms with Gasteiger partial charge < -0.3 is 14.9 Å². The topological polar surface area (TPSA) is 66.8 Å². The molecule has 3 unspecified atom stereocenters. The van der Waals surface area contributed by atoms with Crippen LogP contribution in [0.4, 0.5) is 0 Å². The highest BCUT2D eigenvalue weighted by Crippen LogP contribution is 2.13.